The predicted octanol–water partition coefficient (Wildman–Crippen LogP) is -2.92. The number of halogens is 3. The van der Waals surface area contributed by atoms with E-state index in [2.05, 4.69) is 10.2 Å². The third kappa shape index (κ3) is 2.76. The first-order chi connectivity index (χ1) is 5.84. The van der Waals surface area contributed by atoms with E-state index < -0.39 is 28.2 Å². The van der Waals surface area contributed by atoms with Crippen molar-refractivity contribution in [2.24, 2.45) is 7.05 Å². The minimum absolute atomic E-state index is 0. The largest absolute Gasteiger partial charge is 1.00 e. The molecule has 0 aliphatic heterocycles. The molecule has 0 saturated carbocycles. The molecule has 0 N–H and O–H groups in total. The first kappa shape index (κ1) is 14.0. The predicted molar refractivity (Wildman–Crippen MR) is 33.2 cm³/mol. The van der Waals surface area contributed by atoms with Crippen molar-refractivity contribution in [3.8, 4) is 0 Å². The van der Waals surface area contributed by atoms with Crippen LogP contribution in [0.4, 0.5) is 13.2 Å². The number of hydrogen-bond donors (Lipinski definition) is 0. The Hall–Kier alpha value is 0.0400. The van der Waals surface area contributed by atoms with Crippen molar-refractivity contribution >= 4 is 11.1 Å². The van der Waals surface area contributed by atoms with Gasteiger partial charge in [-0.15, -0.1) is 10.2 Å². The Labute approximate surface area is 101 Å². The average Bonchev–Trinajstić information content (AvgIpc) is 2.28. The molecule has 1 aromatic rings. The Morgan fingerprint density at radius 2 is 1.93 bits per heavy atom. The molecule has 1 heterocycles. The molecule has 1 aromatic heterocycles. The zero-order valence-corrected chi connectivity index (χ0v) is 10.0. The standard InChI is InChI=1S/C4H4F3N3O2S.Na/c1-10-2(4(5,6)7)8-9-3(10)13(11)12;/h1H3,(H,11,12);/q;+1/p-1. The van der Waals surface area contributed by atoms with Crippen LogP contribution >= 0.6 is 0 Å². The van der Waals surface area contributed by atoms with E-state index >= 15 is 0 Å². The van der Waals surface area contributed by atoms with Crippen molar-refractivity contribution in [3.05, 3.63) is 5.82 Å². The van der Waals surface area contributed by atoms with Gasteiger partial charge in [-0.05, 0) is 0 Å². The van der Waals surface area contributed by atoms with Crippen LogP contribution < -0.4 is 29.6 Å². The normalized spacial score (nSPS) is 13.5. The number of rotatable bonds is 1. The van der Waals surface area contributed by atoms with Gasteiger partial charge in [0.25, 0.3) is 0 Å². The summed E-state index contributed by atoms with van der Waals surface area (Å²) in [6.45, 7) is 0. The maximum absolute atomic E-state index is 12.0. The Morgan fingerprint density at radius 1 is 1.43 bits per heavy atom. The smallest absolute Gasteiger partial charge is 0.766 e. The quantitative estimate of drug-likeness (QED) is 0.387. The second-order valence-electron chi connectivity index (χ2n) is 2.10. The SMILES string of the molecule is Cn1c(S(=O)[O-])nnc1C(F)(F)F.[Na+]. The maximum atomic E-state index is 12.0. The van der Waals surface area contributed by atoms with Crippen molar-refractivity contribution in [1.82, 2.24) is 14.8 Å². The van der Waals surface area contributed by atoms with Gasteiger partial charge in [0.05, 0.1) is 0 Å². The van der Waals surface area contributed by atoms with E-state index in [1.165, 1.54) is 0 Å². The van der Waals surface area contributed by atoms with Crippen molar-refractivity contribution < 1.29 is 51.5 Å². The second kappa shape index (κ2) is 4.71. The van der Waals surface area contributed by atoms with Gasteiger partial charge in [0, 0.05) is 18.1 Å². The second-order valence-corrected chi connectivity index (χ2v) is 2.93. The molecule has 0 aromatic carbocycles. The molecule has 0 spiro atoms. The molecule has 10 heteroatoms. The van der Waals surface area contributed by atoms with Crippen LogP contribution in [0.15, 0.2) is 5.16 Å². The summed E-state index contributed by atoms with van der Waals surface area (Å²) in [7, 11) is 0.925. The molecule has 0 fully saturated rings. The van der Waals surface area contributed by atoms with Crippen molar-refractivity contribution in [1.29, 1.82) is 0 Å². The van der Waals surface area contributed by atoms with Gasteiger partial charge in [0.15, 0.2) is 0 Å². The number of aromatic nitrogens is 3. The molecule has 1 atom stereocenters. The van der Waals surface area contributed by atoms with Crippen LogP contribution in [0.2, 0.25) is 0 Å². The van der Waals surface area contributed by atoms with Gasteiger partial charge < -0.3 is 9.12 Å². The summed E-state index contributed by atoms with van der Waals surface area (Å²) < 4.78 is 56.9. The maximum Gasteiger partial charge on any atom is 1.00 e. The number of hydrogen-bond acceptors (Lipinski definition) is 4. The fraction of sp³-hybridized carbons (Fsp3) is 0.500. The fourth-order valence-corrected chi connectivity index (χ4v) is 1.12. The van der Waals surface area contributed by atoms with Crippen LogP contribution in [0.1, 0.15) is 5.82 Å². The molecule has 0 radical (unpaired) electrons. The minimum Gasteiger partial charge on any atom is -0.766 e. The van der Waals surface area contributed by atoms with E-state index in [9.17, 15) is 21.9 Å². The van der Waals surface area contributed by atoms with Gasteiger partial charge in [-0.2, -0.15) is 13.2 Å². The Balaban J connectivity index is 0.00000169. The van der Waals surface area contributed by atoms with Crippen LogP contribution in [0.5, 0.6) is 0 Å². The molecule has 0 aliphatic rings. The van der Waals surface area contributed by atoms with Crippen molar-refractivity contribution in [2.75, 3.05) is 0 Å². The third-order valence-corrected chi connectivity index (χ3v) is 1.89. The average molecular weight is 237 g/mol. The van der Waals surface area contributed by atoms with Gasteiger partial charge in [-0.25, -0.2) is 0 Å². The summed E-state index contributed by atoms with van der Waals surface area (Å²) in [6, 6.07) is 0. The van der Waals surface area contributed by atoms with Crippen LogP contribution in [-0.4, -0.2) is 23.5 Å². The van der Waals surface area contributed by atoms with E-state index in [1.54, 1.807) is 0 Å². The minimum atomic E-state index is -4.70. The topological polar surface area (TPSA) is 70.8 Å². The van der Waals surface area contributed by atoms with Gasteiger partial charge in [-0.1, -0.05) is 0 Å². The van der Waals surface area contributed by atoms with Crippen LogP contribution in [0.3, 0.4) is 0 Å². The molecule has 74 valence electrons. The fourth-order valence-electron chi connectivity index (χ4n) is 0.707. The molecule has 0 amide bonds. The van der Waals surface area contributed by atoms with Crippen molar-refractivity contribution in [3.63, 3.8) is 0 Å². The molecular formula is C4H3F3N3NaO2S. The van der Waals surface area contributed by atoms with Crippen LogP contribution in [0, 0.1) is 0 Å². The summed E-state index contributed by atoms with van der Waals surface area (Å²) in [5.41, 5.74) is 0. The van der Waals surface area contributed by atoms with Gasteiger partial charge in [0.2, 0.25) is 11.0 Å². The molecule has 0 aliphatic carbocycles. The summed E-state index contributed by atoms with van der Waals surface area (Å²) in [5.74, 6) is -1.34. The Morgan fingerprint density at radius 3 is 2.14 bits per heavy atom. The zero-order valence-electron chi connectivity index (χ0n) is 7.20. The molecular weight excluding hydrogens is 234 g/mol. The van der Waals surface area contributed by atoms with E-state index in [0.717, 1.165) is 7.05 Å². The third-order valence-electron chi connectivity index (χ3n) is 1.24. The van der Waals surface area contributed by atoms with Gasteiger partial charge in [-0.3, -0.25) is 4.21 Å². The van der Waals surface area contributed by atoms with E-state index in [4.69, 9.17) is 0 Å². The molecule has 14 heavy (non-hydrogen) atoms. The van der Waals surface area contributed by atoms with Crippen LogP contribution in [-0.2, 0) is 24.3 Å². The number of nitrogens with zero attached hydrogens (tertiary/aromatic N) is 3. The zero-order chi connectivity index (χ0) is 10.2. The Bertz CT molecular complexity index is 352. The monoisotopic (exact) mass is 237 g/mol. The van der Waals surface area contributed by atoms with E-state index in [1.807, 2.05) is 0 Å². The molecule has 1 rings (SSSR count). The van der Waals surface area contributed by atoms with Gasteiger partial charge in [0.1, 0.15) is 0 Å². The molecule has 5 nitrogen and oxygen atoms in total. The first-order valence-corrected chi connectivity index (χ1v) is 3.97. The Kier molecular flexibility index (Phi) is 4.72. The summed E-state index contributed by atoms with van der Waals surface area (Å²) in [6.07, 6.45) is -4.70. The molecule has 0 saturated heterocycles. The van der Waals surface area contributed by atoms with E-state index in [0.29, 0.717) is 4.57 Å². The molecule has 1 unspecified atom stereocenters. The van der Waals surface area contributed by atoms with Crippen molar-refractivity contribution in [2.45, 2.75) is 11.3 Å². The summed E-state index contributed by atoms with van der Waals surface area (Å²) in [4.78, 5) is 0. The summed E-state index contributed by atoms with van der Waals surface area (Å²) in [5, 5.41) is 4.82. The molecule has 0 bridgehead atoms. The van der Waals surface area contributed by atoms with E-state index in [-0.39, 0.29) is 29.6 Å². The van der Waals surface area contributed by atoms with Gasteiger partial charge >= 0.3 is 35.7 Å². The first-order valence-electron chi connectivity index (χ1n) is 2.90. The summed E-state index contributed by atoms with van der Waals surface area (Å²) >= 11 is -2.82. The number of alkyl halides is 3. The van der Waals surface area contributed by atoms with Crippen LogP contribution in [0.25, 0.3) is 0 Å².